The number of carbonyl (C=O) groups excluding carboxylic acids is 1. The van der Waals surface area contributed by atoms with Crippen molar-refractivity contribution in [2.24, 2.45) is 4.99 Å². The fraction of sp³-hybridized carbons (Fsp3) is 0.217. The monoisotopic (exact) mass is 426 g/mol. The Labute approximate surface area is 181 Å². The van der Waals surface area contributed by atoms with Crippen molar-refractivity contribution < 1.29 is 19.4 Å². The molecule has 0 aliphatic heterocycles. The molecule has 2 N–H and O–H groups in total. The molecular formula is C23H23ClN2O4. The van der Waals surface area contributed by atoms with Gasteiger partial charge in [0.15, 0.2) is 11.5 Å². The number of nitrogens with one attached hydrogen (secondary N) is 1. The Morgan fingerprint density at radius 3 is 2.60 bits per heavy atom. The zero-order valence-corrected chi connectivity index (χ0v) is 17.7. The first-order valence-electron chi connectivity index (χ1n) is 9.06. The molecule has 2 aromatic carbocycles. The van der Waals surface area contributed by atoms with Crippen molar-refractivity contribution in [1.82, 2.24) is 5.32 Å². The van der Waals surface area contributed by atoms with E-state index in [-0.39, 0.29) is 6.61 Å². The summed E-state index contributed by atoms with van der Waals surface area (Å²) >= 11 is 5.89. The summed E-state index contributed by atoms with van der Waals surface area (Å²) in [6.07, 6.45) is 3.58. The van der Waals surface area contributed by atoms with E-state index in [1.807, 2.05) is 0 Å². The van der Waals surface area contributed by atoms with Gasteiger partial charge < -0.3 is 19.9 Å². The number of carbonyl (C=O) groups is 1. The molecule has 0 spiro atoms. The van der Waals surface area contributed by atoms with Gasteiger partial charge in [-0.25, -0.2) is 4.99 Å². The molecule has 2 rings (SSSR count). The van der Waals surface area contributed by atoms with Crippen LogP contribution in [0.15, 0.2) is 59.7 Å². The second kappa shape index (κ2) is 11.1. The van der Waals surface area contributed by atoms with Crippen molar-refractivity contribution in [3.8, 4) is 23.3 Å². The van der Waals surface area contributed by atoms with Gasteiger partial charge >= 0.3 is 0 Å². The maximum absolute atomic E-state index is 10.5. The van der Waals surface area contributed by atoms with Crippen molar-refractivity contribution in [1.29, 1.82) is 0 Å². The number of aliphatic hydroxyl groups is 1. The number of rotatable bonds is 8. The van der Waals surface area contributed by atoms with Gasteiger partial charge in [0.2, 0.25) is 6.41 Å². The SMILES string of the molecule is COc1cc(N=C(C#Cc2ccc(Cl)cc2)/C=C\NC=O)ccc1OCC(C)(C)O. The first-order valence-corrected chi connectivity index (χ1v) is 9.44. The molecule has 0 heterocycles. The number of aliphatic imine (C=N–C) groups is 1. The summed E-state index contributed by atoms with van der Waals surface area (Å²) in [5.41, 5.74) is 0.810. The Morgan fingerprint density at radius 1 is 1.23 bits per heavy atom. The predicted octanol–water partition coefficient (Wildman–Crippen LogP) is 3.88. The smallest absolute Gasteiger partial charge is 0.211 e. The maximum atomic E-state index is 10.5. The van der Waals surface area contributed by atoms with Crippen molar-refractivity contribution in [2.45, 2.75) is 19.4 Å². The van der Waals surface area contributed by atoms with Crippen LogP contribution < -0.4 is 14.8 Å². The molecule has 0 aliphatic carbocycles. The van der Waals surface area contributed by atoms with Crippen LogP contribution in [0.25, 0.3) is 0 Å². The summed E-state index contributed by atoms with van der Waals surface area (Å²) in [5, 5.41) is 12.9. The quantitative estimate of drug-likeness (QED) is 0.381. The van der Waals surface area contributed by atoms with Crippen molar-refractivity contribution >= 4 is 29.4 Å². The molecule has 30 heavy (non-hydrogen) atoms. The van der Waals surface area contributed by atoms with Crippen LogP contribution >= 0.6 is 11.6 Å². The van der Waals surface area contributed by atoms with Crippen LogP contribution in [0.5, 0.6) is 11.5 Å². The van der Waals surface area contributed by atoms with E-state index in [9.17, 15) is 9.90 Å². The largest absolute Gasteiger partial charge is 0.493 e. The molecule has 7 heteroatoms. The number of hydrogen-bond donors (Lipinski definition) is 2. The first-order chi connectivity index (χ1) is 14.3. The van der Waals surface area contributed by atoms with Gasteiger partial charge in [-0.05, 0) is 62.2 Å². The summed E-state index contributed by atoms with van der Waals surface area (Å²) < 4.78 is 11.0. The average molecular weight is 427 g/mol. The van der Waals surface area contributed by atoms with Crippen LogP contribution in [0.2, 0.25) is 5.02 Å². The van der Waals surface area contributed by atoms with E-state index in [0.717, 1.165) is 5.56 Å². The number of amides is 1. The minimum atomic E-state index is -0.970. The van der Waals surface area contributed by atoms with E-state index >= 15 is 0 Å². The van der Waals surface area contributed by atoms with Crippen molar-refractivity contribution in [3.05, 3.63) is 65.3 Å². The molecule has 0 aromatic heterocycles. The average Bonchev–Trinajstić information content (AvgIpc) is 2.71. The standard InChI is InChI=1S/C23H23ClN2O4/c1-23(2,28)15-30-21-11-10-20(14-22(21)29-3)26-19(12-13-25-16-27)9-6-17-4-7-18(24)8-5-17/h4-5,7-8,10-14,16,28H,15H2,1-3H3,(H,25,27)/b13-12-,26-19?. The van der Waals surface area contributed by atoms with E-state index < -0.39 is 5.60 Å². The van der Waals surface area contributed by atoms with Crippen LogP contribution in [-0.4, -0.2) is 36.5 Å². The normalized spacial score (nSPS) is 11.6. The van der Waals surface area contributed by atoms with Crippen LogP contribution in [0, 0.1) is 11.8 Å². The lowest BCUT2D eigenvalue weighted by molar-refractivity contribution is -0.108. The number of allylic oxidation sites excluding steroid dienone is 1. The van der Waals surface area contributed by atoms with E-state index in [4.69, 9.17) is 21.1 Å². The lowest BCUT2D eigenvalue weighted by atomic mass is 10.2. The summed E-state index contributed by atoms with van der Waals surface area (Å²) in [7, 11) is 1.52. The van der Waals surface area contributed by atoms with Crippen LogP contribution in [-0.2, 0) is 4.79 Å². The van der Waals surface area contributed by atoms with E-state index in [1.165, 1.54) is 13.3 Å². The molecule has 1 amide bonds. The summed E-state index contributed by atoms with van der Waals surface area (Å²) in [6.45, 7) is 3.43. The van der Waals surface area contributed by atoms with Gasteiger partial charge in [0.05, 0.1) is 18.4 Å². The fourth-order valence-corrected chi connectivity index (χ4v) is 2.31. The molecule has 0 fully saturated rings. The molecule has 0 saturated heterocycles. The molecule has 0 radical (unpaired) electrons. The van der Waals surface area contributed by atoms with Crippen molar-refractivity contribution in [2.75, 3.05) is 13.7 Å². The molecule has 156 valence electrons. The summed E-state index contributed by atoms with van der Waals surface area (Å²) in [5.74, 6) is 6.94. The molecule has 0 atom stereocenters. The van der Waals surface area contributed by atoms with Gasteiger partial charge in [0.25, 0.3) is 0 Å². The molecule has 0 saturated carbocycles. The van der Waals surface area contributed by atoms with E-state index in [2.05, 4.69) is 22.2 Å². The van der Waals surface area contributed by atoms with Crippen LogP contribution in [0.4, 0.5) is 5.69 Å². The molecule has 0 aliphatic rings. The predicted molar refractivity (Wildman–Crippen MR) is 119 cm³/mol. The van der Waals surface area contributed by atoms with Crippen LogP contribution in [0.3, 0.4) is 0 Å². The number of benzene rings is 2. The second-order valence-corrected chi connectivity index (χ2v) is 7.24. The van der Waals surface area contributed by atoms with Gasteiger partial charge in [-0.3, -0.25) is 4.79 Å². The highest BCUT2D eigenvalue weighted by Crippen LogP contribution is 2.32. The van der Waals surface area contributed by atoms with Gasteiger partial charge in [-0.2, -0.15) is 0 Å². The minimum Gasteiger partial charge on any atom is -0.493 e. The highest BCUT2D eigenvalue weighted by Gasteiger charge is 2.15. The topological polar surface area (TPSA) is 80.2 Å². The number of nitrogens with zero attached hydrogens (tertiary/aromatic N) is 1. The third-order valence-corrected chi connectivity index (χ3v) is 3.81. The molecule has 6 nitrogen and oxygen atoms in total. The van der Waals surface area contributed by atoms with E-state index in [1.54, 1.807) is 62.4 Å². The number of hydrogen-bond acceptors (Lipinski definition) is 5. The van der Waals surface area contributed by atoms with Crippen LogP contribution in [0.1, 0.15) is 19.4 Å². The zero-order chi connectivity index (χ0) is 22.0. The summed E-state index contributed by atoms with van der Waals surface area (Å²) in [6, 6.07) is 12.3. The van der Waals surface area contributed by atoms with Gasteiger partial charge in [0.1, 0.15) is 12.3 Å². The third kappa shape index (κ3) is 8.00. The number of ether oxygens (including phenoxy) is 2. The molecule has 0 bridgehead atoms. The third-order valence-electron chi connectivity index (χ3n) is 3.56. The Hall–Kier alpha value is -3.27. The molecule has 0 unspecified atom stereocenters. The molecule has 2 aromatic rings. The Balaban J connectivity index is 2.32. The highest BCUT2D eigenvalue weighted by atomic mass is 35.5. The number of halogens is 1. The minimum absolute atomic E-state index is 0.115. The highest BCUT2D eigenvalue weighted by molar-refractivity contribution is 6.30. The molecular weight excluding hydrogens is 404 g/mol. The first kappa shape index (κ1) is 23.0. The Morgan fingerprint density at radius 2 is 1.97 bits per heavy atom. The second-order valence-electron chi connectivity index (χ2n) is 6.81. The van der Waals surface area contributed by atoms with Gasteiger partial charge in [-0.1, -0.05) is 17.5 Å². The summed E-state index contributed by atoms with van der Waals surface area (Å²) in [4.78, 5) is 15.0. The Kier molecular flexibility index (Phi) is 8.48. The van der Waals surface area contributed by atoms with Gasteiger partial charge in [0, 0.05) is 22.9 Å². The zero-order valence-electron chi connectivity index (χ0n) is 17.0. The van der Waals surface area contributed by atoms with Crippen molar-refractivity contribution in [3.63, 3.8) is 0 Å². The Bertz CT molecular complexity index is 981. The lowest BCUT2D eigenvalue weighted by Crippen LogP contribution is -2.27. The number of methoxy groups -OCH3 is 1. The fourth-order valence-electron chi connectivity index (χ4n) is 2.18. The maximum Gasteiger partial charge on any atom is 0.211 e. The van der Waals surface area contributed by atoms with E-state index in [0.29, 0.717) is 34.3 Å². The van der Waals surface area contributed by atoms with Gasteiger partial charge in [-0.15, -0.1) is 0 Å². The lowest BCUT2D eigenvalue weighted by Gasteiger charge is -2.19.